The zero-order chi connectivity index (χ0) is 12.7. The minimum Gasteiger partial charge on any atom is -0.370 e. The van der Waals surface area contributed by atoms with Crippen LogP contribution in [0.25, 0.3) is 0 Å². The third-order valence-corrected chi connectivity index (χ3v) is 3.39. The second-order valence-electron chi connectivity index (χ2n) is 5.02. The highest BCUT2D eigenvalue weighted by atomic mass is 16.1. The van der Waals surface area contributed by atoms with Crippen LogP contribution >= 0.6 is 0 Å². The van der Waals surface area contributed by atoms with Crippen LogP contribution in [-0.2, 0) is 4.79 Å². The Balaban J connectivity index is 2.05. The second kappa shape index (κ2) is 7.14. The lowest BCUT2D eigenvalue weighted by atomic mass is 9.83. The quantitative estimate of drug-likeness (QED) is 0.423. The summed E-state index contributed by atoms with van der Waals surface area (Å²) < 4.78 is 0. The van der Waals surface area contributed by atoms with E-state index in [1.165, 1.54) is 25.7 Å². The summed E-state index contributed by atoms with van der Waals surface area (Å²) in [5, 5.41) is 12.5. The number of nitrogens with one attached hydrogen (secondary N) is 3. The molecule has 0 aromatic carbocycles. The third kappa shape index (κ3) is 6.14. The molecule has 0 saturated heterocycles. The van der Waals surface area contributed by atoms with Crippen molar-refractivity contribution in [2.45, 2.75) is 39.0 Å². The molecule has 0 bridgehead atoms. The number of nitrogens with two attached hydrogens (primary N) is 1. The molecule has 1 amide bonds. The standard InChI is InChI=1S/C12H24N4O/c1-9-2-4-10(5-3-9)8-16-11(17)6-7-15-12(13)14/h9-10H,2-8H2,1H3,(H,16,17)(H4,13,14,15). The minimum absolute atomic E-state index is 0.0392. The van der Waals surface area contributed by atoms with E-state index < -0.39 is 0 Å². The summed E-state index contributed by atoms with van der Waals surface area (Å²) in [6.07, 6.45) is 5.40. The van der Waals surface area contributed by atoms with Gasteiger partial charge in [0.15, 0.2) is 5.96 Å². The summed E-state index contributed by atoms with van der Waals surface area (Å²) in [5.74, 6) is 1.45. The normalized spacial score (nSPS) is 24.1. The van der Waals surface area contributed by atoms with Gasteiger partial charge in [-0.15, -0.1) is 0 Å². The van der Waals surface area contributed by atoms with Crippen LogP contribution in [0.4, 0.5) is 0 Å². The number of hydrogen-bond acceptors (Lipinski definition) is 2. The predicted octanol–water partition coefficient (Wildman–Crippen LogP) is 0.802. The Morgan fingerprint density at radius 2 is 1.94 bits per heavy atom. The van der Waals surface area contributed by atoms with Crippen LogP contribution < -0.4 is 16.4 Å². The summed E-state index contributed by atoms with van der Waals surface area (Å²) in [5.41, 5.74) is 5.12. The van der Waals surface area contributed by atoms with Crippen LogP contribution in [0.1, 0.15) is 39.0 Å². The monoisotopic (exact) mass is 240 g/mol. The first-order valence-corrected chi connectivity index (χ1v) is 6.42. The van der Waals surface area contributed by atoms with Crippen molar-refractivity contribution in [2.24, 2.45) is 17.6 Å². The lowest BCUT2D eigenvalue weighted by Gasteiger charge is -2.26. The van der Waals surface area contributed by atoms with Gasteiger partial charge in [0.05, 0.1) is 0 Å². The molecule has 0 heterocycles. The highest BCUT2D eigenvalue weighted by Crippen LogP contribution is 2.27. The number of carbonyl (C=O) groups excluding carboxylic acids is 1. The first kappa shape index (κ1) is 13.8. The molecular weight excluding hydrogens is 216 g/mol. The maximum absolute atomic E-state index is 11.5. The molecule has 5 N–H and O–H groups in total. The average Bonchev–Trinajstić information content (AvgIpc) is 2.28. The summed E-state index contributed by atoms with van der Waals surface area (Å²) in [6, 6.07) is 0. The van der Waals surface area contributed by atoms with Gasteiger partial charge in [-0.25, -0.2) is 0 Å². The Bertz CT molecular complexity index is 259. The Labute approximate surface area is 103 Å². The topological polar surface area (TPSA) is 91.0 Å². The van der Waals surface area contributed by atoms with Crippen molar-refractivity contribution in [3.8, 4) is 0 Å². The van der Waals surface area contributed by atoms with Crippen LogP contribution in [0.3, 0.4) is 0 Å². The zero-order valence-electron chi connectivity index (χ0n) is 10.6. The molecule has 0 atom stereocenters. The molecule has 1 saturated carbocycles. The molecule has 1 aliphatic carbocycles. The molecule has 0 aromatic rings. The highest BCUT2D eigenvalue weighted by molar-refractivity contribution is 5.78. The van der Waals surface area contributed by atoms with E-state index in [4.69, 9.17) is 11.1 Å². The predicted molar refractivity (Wildman–Crippen MR) is 68.7 cm³/mol. The lowest BCUT2D eigenvalue weighted by Crippen LogP contribution is -2.36. The first-order chi connectivity index (χ1) is 8.08. The van der Waals surface area contributed by atoms with Crippen molar-refractivity contribution in [1.29, 1.82) is 5.41 Å². The molecule has 5 heteroatoms. The molecule has 0 radical (unpaired) electrons. The van der Waals surface area contributed by atoms with Crippen LogP contribution in [-0.4, -0.2) is 25.0 Å². The molecule has 0 aliphatic heterocycles. The fourth-order valence-electron chi connectivity index (χ4n) is 2.19. The third-order valence-electron chi connectivity index (χ3n) is 3.39. The van der Waals surface area contributed by atoms with Crippen molar-refractivity contribution in [1.82, 2.24) is 10.6 Å². The summed E-state index contributed by atoms with van der Waals surface area (Å²) in [7, 11) is 0. The number of carbonyl (C=O) groups is 1. The van der Waals surface area contributed by atoms with Gasteiger partial charge < -0.3 is 16.4 Å². The van der Waals surface area contributed by atoms with E-state index in [0.717, 1.165) is 12.5 Å². The van der Waals surface area contributed by atoms with Gasteiger partial charge in [0.2, 0.25) is 5.91 Å². The molecule has 1 fully saturated rings. The smallest absolute Gasteiger partial charge is 0.221 e. The van der Waals surface area contributed by atoms with E-state index in [1.807, 2.05) is 0 Å². The highest BCUT2D eigenvalue weighted by Gasteiger charge is 2.18. The summed E-state index contributed by atoms with van der Waals surface area (Å²) >= 11 is 0. The SMILES string of the molecule is CC1CCC(CNC(=O)CCNC(=N)N)CC1. The molecule has 17 heavy (non-hydrogen) atoms. The van der Waals surface area contributed by atoms with Gasteiger partial charge in [0, 0.05) is 19.5 Å². The van der Waals surface area contributed by atoms with E-state index in [0.29, 0.717) is 18.9 Å². The van der Waals surface area contributed by atoms with Crippen molar-refractivity contribution < 1.29 is 4.79 Å². The van der Waals surface area contributed by atoms with Gasteiger partial charge >= 0.3 is 0 Å². The molecule has 0 spiro atoms. The largest absolute Gasteiger partial charge is 0.370 e. The zero-order valence-corrected chi connectivity index (χ0v) is 10.6. The van der Waals surface area contributed by atoms with Crippen molar-refractivity contribution >= 4 is 11.9 Å². The fourth-order valence-corrected chi connectivity index (χ4v) is 2.19. The molecule has 98 valence electrons. The van der Waals surface area contributed by atoms with Crippen molar-refractivity contribution in [2.75, 3.05) is 13.1 Å². The number of rotatable bonds is 5. The molecule has 1 aliphatic rings. The van der Waals surface area contributed by atoms with Crippen LogP contribution in [0.5, 0.6) is 0 Å². The van der Waals surface area contributed by atoms with E-state index in [2.05, 4.69) is 17.6 Å². The van der Waals surface area contributed by atoms with E-state index >= 15 is 0 Å². The number of guanidine groups is 1. The lowest BCUT2D eigenvalue weighted by molar-refractivity contribution is -0.121. The first-order valence-electron chi connectivity index (χ1n) is 6.42. The van der Waals surface area contributed by atoms with Crippen LogP contribution in [0, 0.1) is 17.2 Å². The molecule has 1 rings (SSSR count). The molecular formula is C12H24N4O. The van der Waals surface area contributed by atoms with Gasteiger partial charge in [0.1, 0.15) is 0 Å². The Morgan fingerprint density at radius 3 is 2.53 bits per heavy atom. The average molecular weight is 240 g/mol. The van der Waals surface area contributed by atoms with Crippen molar-refractivity contribution in [3.63, 3.8) is 0 Å². The van der Waals surface area contributed by atoms with E-state index in [1.54, 1.807) is 0 Å². The van der Waals surface area contributed by atoms with E-state index in [9.17, 15) is 4.79 Å². The maximum Gasteiger partial charge on any atom is 0.221 e. The minimum atomic E-state index is -0.0842. The number of amides is 1. The van der Waals surface area contributed by atoms with Crippen LogP contribution in [0.2, 0.25) is 0 Å². The van der Waals surface area contributed by atoms with Gasteiger partial charge in [-0.3, -0.25) is 10.2 Å². The Kier molecular flexibility index (Phi) is 5.80. The van der Waals surface area contributed by atoms with Gasteiger partial charge in [0.25, 0.3) is 0 Å². The second-order valence-corrected chi connectivity index (χ2v) is 5.02. The number of hydrogen-bond donors (Lipinski definition) is 4. The molecule has 0 unspecified atom stereocenters. The van der Waals surface area contributed by atoms with Gasteiger partial charge in [-0.05, 0) is 24.7 Å². The van der Waals surface area contributed by atoms with E-state index in [-0.39, 0.29) is 11.9 Å². The maximum atomic E-state index is 11.5. The fraction of sp³-hybridized carbons (Fsp3) is 0.833. The van der Waals surface area contributed by atoms with Gasteiger partial charge in [-0.1, -0.05) is 19.8 Å². The molecule has 5 nitrogen and oxygen atoms in total. The Hall–Kier alpha value is -1.26. The summed E-state index contributed by atoms with van der Waals surface area (Å²) in [6.45, 7) is 3.52. The Morgan fingerprint density at radius 1 is 1.29 bits per heavy atom. The summed E-state index contributed by atoms with van der Waals surface area (Å²) in [4.78, 5) is 11.5. The van der Waals surface area contributed by atoms with Gasteiger partial charge in [-0.2, -0.15) is 0 Å². The van der Waals surface area contributed by atoms with Crippen molar-refractivity contribution in [3.05, 3.63) is 0 Å². The molecule has 0 aromatic heterocycles. The van der Waals surface area contributed by atoms with Crippen LogP contribution in [0.15, 0.2) is 0 Å².